The molecule has 0 amide bonds. The highest BCUT2D eigenvalue weighted by Crippen LogP contribution is 2.47. The van der Waals surface area contributed by atoms with Crippen LogP contribution in [-0.2, 0) is 0 Å². The Morgan fingerprint density at radius 1 is 0.481 bits per heavy atom. The molecule has 1 aromatic heterocycles. The summed E-state index contributed by atoms with van der Waals surface area (Å²) in [5, 5.41) is 2.31. The van der Waals surface area contributed by atoms with Crippen molar-refractivity contribution >= 4 is 62.7 Å². The highest BCUT2D eigenvalue weighted by Gasteiger charge is 2.41. The Morgan fingerprint density at radius 3 is 1.81 bits per heavy atom. The second-order valence-electron chi connectivity index (χ2n) is 13.3. The molecule has 0 fully saturated rings. The molecule has 10 rings (SSSR count). The van der Waals surface area contributed by atoms with Gasteiger partial charge in [0.25, 0.3) is 5.69 Å². The molecule has 8 aromatic rings. The summed E-state index contributed by atoms with van der Waals surface area (Å²) in [6, 6.07) is 68.1. The van der Waals surface area contributed by atoms with Crippen molar-refractivity contribution in [2.75, 3.05) is 7.05 Å². The third-order valence-corrected chi connectivity index (χ3v) is 9.95. The van der Waals surface area contributed by atoms with Gasteiger partial charge in [0.1, 0.15) is 11.5 Å². The zero-order chi connectivity index (χ0) is 36.0. The van der Waals surface area contributed by atoms with Gasteiger partial charge < -0.3 is 4.74 Å². The molecule has 0 bridgehead atoms. The van der Waals surface area contributed by atoms with E-state index in [0.29, 0.717) is 11.5 Å². The average Bonchev–Trinajstić information content (AvgIpc) is 3.80. The minimum Gasteiger partial charge on any atom is -0.457 e. The maximum absolute atomic E-state index is 6.56. The SMILES string of the molecule is C[N+]1=C=[N+](c2cccc(Oc3cccc([N+]4=C=[N+](c5c(-c6ccccc6)cccc5-c5ccccc5)c5c4ccc4ccccc54)c3)c2)c2ncccc21. The number of nitrogens with zero attached hydrogens (tertiary/aromatic N) is 5. The van der Waals surface area contributed by atoms with E-state index >= 15 is 0 Å². The van der Waals surface area contributed by atoms with E-state index in [1.807, 2.05) is 64.7 Å². The van der Waals surface area contributed by atoms with Crippen LogP contribution in [-0.4, -0.2) is 28.6 Å². The van der Waals surface area contributed by atoms with Gasteiger partial charge in [-0.15, -0.1) is 0 Å². The van der Waals surface area contributed by atoms with Crippen LogP contribution in [0.4, 0.5) is 39.9 Å². The highest BCUT2D eigenvalue weighted by molar-refractivity contribution is 6.06. The summed E-state index contributed by atoms with van der Waals surface area (Å²) in [6.45, 7) is 0. The van der Waals surface area contributed by atoms with Crippen LogP contribution in [0.1, 0.15) is 0 Å². The molecule has 0 unspecified atom stereocenters. The molecule has 0 spiro atoms. The molecule has 0 N–H and O–H groups in total. The molecule has 0 atom stereocenters. The van der Waals surface area contributed by atoms with Crippen LogP contribution >= 0.6 is 0 Å². The lowest BCUT2D eigenvalue weighted by atomic mass is 9.95. The normalized spacial score (nSPS) is 12.8. The first kappa shape index (κ1) is 31.3. The number of rotatable bonds is 7. The molecule has 3 heterocycles. The van der Waals surface area contributed by atoms with E-state index < -0.39 is 0 Å². The van der Waals surface area contributed by atoms with Crippen LogP contribution in [0, 0.1) is 0 Å². The molecule has 2 aliphatic rings. The summed E-state index contributed by atoms with van der Waals surface area (Å²) >= 11 is 0. The van der Waals surface area contributed by atoms with E-state index in [0.717, 1.165) is 73.0 Å². The standard InChI is InChI=1S/C48H33N5O/c1-50-32-52(48-45(50)26-13-29-49-48)38-20-11-22-40(31-38)54-39-21-10-19-37(30-39)51-33-53(47-43-23-9-8-18-36(43)27-28-44(47)51)46-41(34-14-4-2-5-15-34)24-12-25-42(46)35-16-6-3-7-17-35/h2-31H,1H3/q+4. The first-order valence-electron chi connectivity index (χ1n) is 17.9. The van der Waals surface area contributed by atoms with E-state index in [2.05, 4.69) is 154 Å². The van der Waals surface area contributed by atoms with E-state index in [4.69, 9.17) is 4.74 Å². The van der Waals surface area contributed by atoms with Crippen molar-refractivity contribution in [3.63, 3.8) is 0 Å². The molecule has 2 aliphatic heterocycles. The van der Waals surface area contributed by atoms with Crippen LogP contribution in [0.25, 0.3) is 33.0 Å². The molecule has 0 saturated carbocycles. The highest BCUT2D eigenvalue weighted by atomic mass is 16.5. The number of aromatic nitrogens is 1. The lowest BCUT2D eigenvalue weighted by molar-refractivity contribution is -0.394. The van der Waals surface area contributed by atoms with E-state index in [-0.39, 0.29) is 0 Å². The summed E-state index contributed by atoms with van der Waals surface area (Å²) in [6.07, 6.45) is 1.80. The molecule has 0 saturated heterocycles. The largest absolute Gasteiger partial charge is 0.503 e. The fourth-order valence-electron chi connectivity index (χ4n) is 7.47. The third-order valence-electron chi connectivity index (χ3n) is 9.95. The lowest BCUT2D eigenvalue weighted by Gasteiger charge is -2.11. The van der Waals surface area contributed by atoms with Crippen molar-refractivity contribution < 1.29 is 9.31 Å². The summed E-state index contributed by atoms with van der Waals surface area (Å²) in [5.41, 5.74) is 10.5. The first-order chi connectivity index (χ1) is 26.7. The zero-order valence-corrected chi connectivity index (χ0v) is 29.5. The van der Waals surface area contributed by atoms with Crippen LogP contribution < -0.4 is 18.5 Å². The topological polar surface area (TPSA) is 34.2 Å². The summed E-state index contributed by atoms with van der Waals surface area (Å²) in [4.78, 5) is 4.61. The predicted molar refractivity (Wildman–Crippen MR) is 219 cm³/mol. The minimum atomic E-state index is 0.713. The van der Waals surface area contributed by atoms with Crippen LogP contribution in [0.3, 0.4) is 0 Å². The number of hydrogen-bond acceptors (Lipinski definition) is 2. The van der Waals surface area contributed by atoms with Gasteiger partial charge in [0.15, 0.2) is 7.05 Å². The number of para-hydroxylation sites is 1. The van der Waals surface area contributed by atoms with Gasteiger partial charge in [-0.25, -0.2) is 0 Å². The summed E-state index contributed by atoms with van der Waals surface area (Å²) in [7, 11) is 1.98. The van der Waals surface area contributed by atoms with Gasteiger partial charge in [-0.3, -0.25) is 0 Å². The Morgan fingerprint density at radius 2 is 1.11 bits per heavy atom. The van der Waals surface area contributed by atoms with E-state index in [9.17, 15) is 0 Å². The van der Waals surface area contributed by atoms with Gasteiger partial charge in [-0.2, -0.15) is 4.98 Å². The average molecular weight is 696 g/mol. The van der Waals surface area contributed by atoms with Crippen molar-refractivity contribution in [1.82, 2.24) is 18.7 Å². The molecule has 7 aromatic carbocycles. The van der Waals surface area contributed by atoms with Gasteiger partial charge in [-0.05, 0) is 72.7 Å². The smallest absolute Gasteiger partial charge is 0.457 e. The molecule has 0 radical (unpaired) electrons. The lowest BCUT2D eigenvalue weighted by Crippen LogP contribution is -2.05. The van der Waals surface area contributed by atoms with Gasteiger partial charge in [0, 0.05) is 30.5 Å². The maximum Gasteiger partial charge on any atom is 0.503 e. The third kappa shape index (κ3) is 5.35. The number of ether oxygens (including phenoxy) is 1. The first-order valence-corrected chi connectivity index (χ1v) is 17.9. The Labute approximate surface area is 312 Å². The maximum atomic E-state index is 6.56. The second kappa shape index (κ2) is 12.9. The van der Waals surface area contributed by atoms with E-state index in [1.165, 1.54) is 0 Å². The molecule has 54 heavy (non-hydrogen) atoms. The molecule has 252 valence electrons. The number of hydrogen-bond donors (Lipinski definition) is 0. The van der Waals surface area contributed by atoms with Gasteiger partial charge in [0.05, 0.1) is 28.6 Å². The Kier molecular flexibility index (Phi) is 7.48. The van der Waals surface area contributed by atoms with Crippen molar-refractivity contribution in [1.29, 1.82) is 0 Å². The van der Waals surface area contributed by atoms with Crippen LogP contribution in [0.2, 0.25) is 0 Å². The fraction of sp³-hybridized carbons (Fsp3) is 0.0208. The second-order valence-corrected chi connectivity index (χ2v) is 13.3. The summed E-state index contributed by atoms with van der Waals surface area (Å²) in [5.74, 6) is 2.26. The molecular weight excluding hydrogens is 663 g/mol. The summed E-state index contributed by atoms with van der Waals surface area (Å²) < 4.78 is 14.9. The zero-order valence-electron chi connectivity index (χ0n) is 29.5. The minimum absolute atomic E-state index is 0.713. The monoisotopic (exact) mass is 695 g/mol. The van der Waals surface area contributed by atoms with Gasteiger partial charge >= 0.3 is 29.2 Å². The molecule has 6 nitrogen and oxygen atoms in total. The predicted octanol–water partition coefficient (Wildman–Crippen LogP) is 11.5. The van der Waals surface area contributed by atoms with E-state index in [1.54, 1.807) is 6.20 Å². The fourth-order valence-corrected chi connectivity index (χ4v) is 7.47. The Balaban J connectivity index is 1.13. The molecular formula is C48H33N5O+4. The van der Waals surface area contributed by atoms with Crippen LogP contribution in [0.15, 0.2) is 182 Å². The molecule has 6 heteroatoms. The number of benzene rings is 7. The van der Waals surface area contributed by atoms with Gasteiger partial charge in [-0.1, -0.05) is 102 Å². The number of fused-ring (bicyclic) bond motifs is 4. The number of pyridine rings is 1. The Bertz CT molecular complexity index is 2880. The van der Waals surface area contributed by atoms with Crippen molar-refractivity contribution in [3.8, 4) is 33.8 Å². The van der Waals surface area contributed by atoms with Crippen molar-refractivity contribution in [2.45, 2.75) is 0 Å². The van der Waals surface area contributed by atoms with Crippen LogP contribution in [0.5, 0.6) is 11.5 Å². The quantitative estimate of drug-likeness (QED) is 0.156. The van der Waals surface area contributed by atoms with Crippen molar-refractivity contribution in [3.05, 3.63) is 182 Å². The Hall–Kier alpha value is -7.49. The van der Waals surface area contributed by atoms with Crippen molar-refractivity contribution in [2.24, 2.45) is 0 Å². The molecule has 0 aliphatic carbocycles. The van der Waals surface area contributed by atoms with Gasteiger partial charge in [0.2, 0.25) is 17.1 Å².